The molecule has 0 bridgehead atoms. The molecule has 1 aromatic rings. The summed E-state index contributed by atoms with van der Waals surface area (Å²) in [7, 11) is 3.10. The molecule has 0 heterocycles. The number of nitrogens with zero attached hydrogens (tertiary/aromatic N) is 1. The average Bonchev–Trinajstić information content (AvgIpc) is 2.53. The molecule has 0 saturated heterocycles. The number of ether oxygens (including phenoxy) is 3. The number of rotatable bonds is 8. The molecule has 1 rings (SSSR count). The Bertz CT molecular complexity index is 568. The molecule has 23 heavy (non-hydrogen) atoms. The minimum absolute atomic E-state index is 0.0797. The highest BCUT2D eigenvalue weighted by molar-refractivity contribution is 5.93. The van der Waals surface area contributed by atoms with Crippen molar-refractivity contribution in [3.8, 4) is 11.5 Å². The summed E-state index contributed by atoms with van der Waals surface area (Å²) >= 11 is 0. The van der Waals surface area contributed by atoms with Gasteiger partial charge in [0.1, 0.15) is 6.54 Å². The van der Waals surface area contributed by atoms with Gasteiger partial charge >= 0.3 is 5.97 Å². The molecule has 0 saturated carbocycles. The lowest BCUT2D eigenvalue weighted by Gasteiger charge is -2.13. The summed E-state index contributed by atoms with van der Waals surface area (Å²) in [6.45, 7) is 4.37. The molecule has 1 aromatic carbocycles. The minimum Gasteiger partial charge on any atom is -0.493 e. The van der Waals surface area contributed by atoms with Crippen LogP contribution in [-0.2, 0) is 14.3 Å². The molecular formula is C17H23NO5. The Morgan fingerprint density at radius 2 is 1.91 bits per heavy atom. The number of carbonyl (C=O) groups is 2. The number of carbonyl (C=O) groups excluding carboxylic acids is 2. The fourth-order valence-corrected chi connectivity index (χ4v) is 1.84. The summed E-state index contributed by atoms with van der Waals surface area (Å²) in [6, 6.07) is 5.39. The lowest BCUT2D eigenvalue weighted by atomic mass is 10.2. The van der Waals surface area contributed by atoms with Gasteiger partial charge in [0, 0.05) is 13.1 Å². The Labute approximate surface area is 136 Å². The van der Waals surface area contributed by atoms with Gasteiger partial charge in [0.05, 0.1) is 20.3 Å². The van der Waals surface area contributed by atoms with Gasteiger partial charge in [-0.3, -0.25) is 9.59 Å². The molecule has 0 fully saturated rings. The topological polar surface area (TPSA) is 65.1 Å². The number of hydrogen-bond donors (Lipinski definition) is 0. The van der Waals surface area contributed by atoms with Crippen LogP contribution < -0.4 is 9.47 Å². The Balaban J connectivity index is 2.72. The van der Waals surface area contributed by atoms with E-state index in [4.69, 9.17) is 14.2 Å². The molecule has 0 N–H and O–H groups in total. The Hall–Kier alpha value is -2.50. The zero-order valence-electron chi connectivity index (χ0n) is 14.0. The summed E-state index contributed by atoms with van der Waals surface area (Å²) in [5.41, 5.74) is 0.795. The highest BCUT2D eigenvalue weighted by Crippen LogP contribution is 2.28. The summed E-state index contributed by atoms with van der Waals surface area (Å²) in [5.74, 6) is 0.532. The Morgan fingerprint density at radius 3 is 2.52 bits per heavy atom. The van der Waals surface area contributed by atoms with Crippen LogP contribution in [0.3, 0.4) is 0 Å². The molecule has 0 spiro atoms. The zero-order valence-corrected chi connectivity index (χ0v) is 14.0. The summed E-state index contributed by atoms with van der Waals surface area (Å²) in [6.07, 6.45) is 3.05. The molecule has 0 aliphatic rings. The van der Waals surface area contributed by atoms with E-state index in [1.54, 1.807) is 39.3 Å². The third-order valence-electron chi connectivity index (χ3n) is 2.95. The average molecular weight is 321 g/mol. The van der Waals surface area contributed by atoms with Crippen molar-refractivity contribution in [1.82, 2.24) is 4.90 Å². The summed E-state index contributed by atoms with van der Waals surface area (Å²) in [4.78, 5) is 24.6. The number of benzene rings is 1. The lowest BCUT2D eigenvalue weighted by Crippen LogP contribution is -2.31. The Kier molecular flexibility index (Phi) is 7.66. The molecule has 0 aromatic heterocycles. The normalized spacial score (nSPS) is 10.4. The number of hydrogen-bond acceptors (Lipinski definition) is 5. The highest BCUT2D eigenvalue weighted by Gasteiger charge is 2.11. The number of methoxy groups -OCH3 is 1. The monoisotopic (exact) mass is 321 g/mol. The first kappa shape index (κ1) is 18.5. The van der Waals surface area contributed by atoms with Crippen LogP contribution in [0.25, 0.3) is 6.08 Å². The van der Waals surface area contributed by atoms with E-state index in [-0.39, 0.29) is 12.5 Å². The van der Waals surface area contributed by atoms with E-state index >= 15 is 0 Å². The van der Waals surface area contributed by atoms with Gasteiger partial charge in [-0.25, -0.2) is 0 Å². The standard InChI is InChI=1S/C17H23NO5/c1-5-22-14-9-7-13(11-15(14)21-4)8-10-16(19)18(3)12-17(20)23-6-2/h7-11H,5-6,12H2,1-4H3/b10-8+. The maximum absolute atomic E-state index is 12.0. The molecule has 0 aliphatic heterocycles. The summed E-state index contributed by atoms with van der Waals surface area (Å²) in [5, 5.41) is 0. The second-order valence-corrected chi connectivity index (χ2v) is 4.68. The van der Waals surface area contributed by atoms with Crippen LogP contribution in [0.2, 0.25) is 0 Å². The van der Waals surface area contributed by atoms with E-state index in [1.165, 1.54) is 11.0 Å². The van der Waals surface area contributed by atoms with Crippen molar-refractivity contribution < 1.29 is 23.8 Å². The molecule has 6 heteroatoms. The maximum atomic E-state index is 12.0. The third kappa shape index (κ3) is 6.02. The van der Waals surface area contributed by atoms with E-state index < -0.39 is 5.97 Å². The number of amides is 1. The van der Waals surface area contributed by atoms with Gasteiger partial charge in [-0.2, -0.15) is 0 Å². The van der Waals surface area contributed by atoms with Crippen molar-refractivity contribution in [2.24, 2.45) is 0 Å². The van der Waals surface area contributed by atoms with E-state index in [0.29, 0.717) is 24.7 Å². The van der Waals surface area contributed by atoms with Gasteiger partial charge in [-0.15, -0.1) is 0 Å². The Morgan fingerprint density at radius 1 is 1.17 bits per heavy atom. The van der Waals surface area contributed by atoms with Crippen LogP contribution in [0.1, 0.15) is 19.4 Å². The second kappa shape index (κ2) is 9.50. The van der Waals surface area contributed by atoms with Crippen LogP contribution >= 0.6 is 0 Å². The zero-order chi connectivity index (χ0) is 17.2. The van der Waals surface area contributed by atoms with Gasteiger partial charge in [-0.1, -0.05) is 6.07 Å². The fraction of sp³-hybridized carbons (Fsp3) is 0.412. The number of esters is 1. The van der Waals surface area contributed by atoms with Crippen molar-refractivity contribution in [1.29, 1.82) is 0 Å². The van der Waals surface area contributed by atoms with Crippen molar-refractivity contribution in [2.75, 3.05) is 33.9 Å². The fourth-order valence-electron chi connectivity index (χ4n) is 1.84. The van der Waals surface area contributed by atoms with E-state index in [0.717, 1.165) is 5.56 Å². The maximum Gasteiger partial charge on any atom is 0.325 e. The van der Waals surface area contributed by atoms with Crippen LogP contribution in [0.5, 0.6) is 11.5 Å². The first-order valence-electron chi connectivity index (χ1n) is 7.41. The van der Waals surface area contributed by atoms with E-state index in [1.807, 2.05) is 13.0 Å². The minimum atomic E-state index is -0.431. The third-order valence-corrected chi connectivity index (χ3v) is 2.95. The van der Waals surface area contributed by atoms with E-state index in [9.17, 15) is 9.59 Å². The van der Waals surface area contributed by atoms with E-state index in [2.05, 4.69) is 0 Å². The SMILES string of the molecule is CCOC(=O)CN(C)C(=O)/C=C/c1ccc(OCC)c(OC)c1. The van der Waals surface area contributed by atoms with Crippen LogP contribution in [-0.4, -0.2) is 50.7 Å². The van der Waals surface area contributed by atoms with Crippen LogP contribution in [0, 0.1) is 0 Å². The largest absolute Gasteiger partial charge is 0.493 e. The van der Waals surface area contributed by atoms with Gasteiger partial charge < -0.3 is 19.1 Å². The van der Waals surface area contributed by atoms with Crippen LogP contribution in [0.4, 0.5) is 0 Å². The second-order valence-electron chi connectivity index (χ2n) is 4.68. The number of likely N-dealkylation sites (N-methyl/N-ethyl adjacent to an activating group) is 1. The molecule has 0 atom stereocenters. The van der Waals surface area contributed by atoms with Crippen molar-refractivity contribution in [3.63, 3.8) is 0 Å². The highest BCUT2D eigenvalue weighted by atomic mass is 16.5. The lowest BCUT2D eigenvalue weighted by molar-refractivity contribution is -0.146. The van der Waals surface area contributed by atoms with Crippen molar-refractivity contribution in [3.05, 3.63) is 29.8 Å². The van der Waals surface area contributed by atoms with Gasteiger partial charge in [0.15, 0.2) is 11.5 Å². The molecule has 0 unspecified atom stereocenters. The van der Waals surface area contributed by atoms with Crippen molar-refractivity contribution in [2.45, 2.75) is 13.8 Å². The first-order valence-corrected chi connectivity index (χ1v) is 7.41. The predicted octanol–water partition coefficient (Wildman–Crippen LogP) is 2.13. The van der Waals surface area contributed by atoms with Gasteiger partial charge in [-0.05, 0) is 37.6 Å². The first-order chi connectivity index (χ1) is 11.0. The van der Waals surface area contributed by atoms with Crippen molar-refractivity contribution >= 4 is 18.0 Å². The molecule has 6 nitrogen and oxygen atoms in total. The predicted molar refractivity (Wildman–Crippen MR) is 87.5 cm³/mol. The van der Waals surface area contributed by atoms with Crippen LogP contribution in [0.15, 0.2) is 24.3 Å². The quantitative estimate of drug-likeness (QED) is 0.542. The van der Waals surface area contributed by atoms with Gasteiger partial charge in [0.2, 0.25) is 5.91 Å². The molecule has 126 valence electrons. The molecule has 1 amide bonds. The smallest absolute Gasteiger partial charge is 0.325 e. The molecule has 0 aliphatic carbocycles. The molecular weight excluding hydrogens is 298 g/mol. The molecule has 0 radical (unpaired) electrons. The summed E-state index contributed by atoms with van der Waals surface area (Å²) < 4.78 is 15.5. The van der Waals surface area contributed by atoms with Gasteiger partial charge in [0.25, 0.3) is 0 Å².